The van der Waals surface area contributed by atoms with E-state index in [-0.39, 0.29) is 28.5 Å². The number of hydrogen-bond acceptors (Lipinski definition) is 7. The Morgan fingerprint density at radius 2 is 1.91 bits per heavy atom. The van der Waals surface area contributed by atoms with Crippen molar-refractivity contribution in [3.05, 3.63) is 88.5 Å². The second kappa shape index (κ2) is 10.3. The van der Waals surface area contributed by atoms with E-state index < -0.39 is 12.0 Å². The smallest absolute Gasteiger partial charge is 0.338 e. The second-order valence-corrected chi connectivity index (χ2v) is 9.48. The summed E-state index contributed by atoms with van der Waals surface area (Å²) in [4.78, 5) is 31.5. The fraction of sp³-hybridized carbons (Fsp3) is 0.240. The van der Waals surface area contributed by atoms with E-state index in [9.17, 15) is 14.7 Å². The van der Waals surface area contributed by atoms with Crippen LogP contribution in [0.5, 0.6) is 11.5 Å². The van der Waals surface area contributed by atoms with Gasteiger partial charge in [0.05, 0.1) is 40.1 Å². The number of nitrogens with zero attached hydrogens (tertiary/aromatic N) is 2. The highest BCUT2D eigenvalue weighted by molar-refractivity contribution is 7.07. The molecule has 0 bridgehead atoms. The van der Waals surface area contributed by atoms with E-state index in [0.717, 1.165) is 11.3 Å². The Kier molecular flexibility index (Phi) is 7.35. The third kappa shape index (κ3) is 4.87. The highest BCUT2D eigenvalue weighted by Gasteiger charge is 2.33. The molecule has 1 unspecified atom stereocenters. The van der Waals surface area contributed by atoms with Crippen molar-refractivity contribution in [3.8, 4) is 11.5 Å². The summed E-state index contributed by atoms with van der Waals surface area (Å²) in [6.07, 6.45) is 1.51. The van der Waals surface area contributed by atoms with Crippen molar-refractivity contribution < 1.29 is 19.4 Å². The van der Waals surface area contributed by atoms with Crippen LogP contribution in [-0.4, -0.2) is 28.9 Å². The molecule has 0 spiro atoms. The lowest BCUT2D eigenvalue weighted by Crippen LogP contribution is -2.39. The first kappa shape index (κ1) is 25.0. The lowest BCUT2D eigenvalue weighted by atomic mass is 9.96. The number of phenolic OH excluding ortho intramolecular Hbond substituents is 1. The summed E-state index contributed by atoms with van der Waals surface area (Å²) in [7, 11) is 0. The zero-order valence-corrected chi connectivity index (χ0v) is 21.5. The first-order valence-electron chi connectivity index (χ1n) is 10.9. The van der Waals surface area contributed by atoms with Gasteiger partial charge in [0.25, 0.3) is 5.56 Å². The molecule has 2 heterocycles. The largest absolute Gasteiger partial charge is 0.506 e. The number of ether oxygens (including phenoxy) is 2. The third-order valence-electron chi connectivity index (χ3n) is 5.37. The standard InChI is InChI=1S/C25H22Cl2N2O5S/c1-4-33-17-8-6-14(7-9-17)21-20(24(32)34-5-2)13(3)28-25-29(21)23(31)19(35-25)11-15-10-16(26)12-18(27)22(15)30/h6-12,21,30H,4-5H2,1-3H3/b19-11-. The van der Waals surface area contributed by atoms with Gasteiger partial charge >= 0.3 is 5.97 Å². The summed E-state index contributed by atoms with van der Waals surface area (Å²) in [6.45, 7) is 6.03. The second-order valence-electron chi connectivity index (χ2n) is 7.63. The van der Waals surface area contributed by atoms with Crippen molar-refractivity contribution in [3.63, 3.8) is 0 Å². The molecule has 1 aliphatic rings. The van der Waals surface area contributed by atoms with Gasteiger partial charge < -0.3 is 14.6 Å². The van der Waals surface area contributed by atoms with Crippen molar-refractivity contribution >= 4 is 46.6 Å². The monoisotopic (exact) mass is 532 g/mol. The fourth-order valence-corrected chi connectivity index (χ4v) is 5.40. The number of rotatable bonds is 6. The quantitative estimate of drug-likeness (QED) is 0.480. The van der Waals surface area contributed by atoms with Gasteiger partial charge in [0, 0.05) is 10.6 Å². The molecule has 1 aliphatic heterocycles. The third-order valence-corrected chi connectivity index (χ3v) is 6.86. The highest BCUT2D eigenvalue weighted by Crippen LogP contribution is 2.33. The van der Waals surface area contributed by atoms with E-state index >= 15 is 0 Å². The van der Waals surface area contributed by atoms with E-state index in [1.165, 1.54) is 22.8 Å². The first-order valence-corrected chi connectivity index (χ1v) is 12.4. The Labute approximate surface area is 215 Å². The molecule has 0 amide bonds. The zero-order chi connectivity index (χ0) is 25.3. The van der Waals surface area contributed by atoms with Crippen LogP contribution in [-0.2, 0) is 9.53 Å². The Balaban J connectivity index is 1.94. The summed E-state index contributed by atoms with van der Waals surface area (Å²) < 4.78 is 12.6. The molecule has 10 heteroatoms. The minimum Gasteiger partial charge on any atom is -0.506 e. The number of thiazole rings is 1. The normalized spacial score (nSPS) is 15.6. The summed E-state index contributed by atoms with van der Waals surface area (Å²) in [5, 5.41) is 10.8. The average Bonchev–Trinajstić information content (AvgIpc) is 3.11. The summed E-state index contributed by atoms with van der Waals surface area (Å²) in [5.74, 6) is -0.0510. The zero-order valence-electron chi connectivity index (χ0n) is 19.2. The molecule has 35 heavy (non-hydrogen) atoms. The number of fused-ring (bicyclic) bond motifs is 1. The number of halogens is 2. The number of phenols is 1. The molecule has 7 nitrogen and oxygen atoms in total. The number of allylic oxidation sites excluding steroid dienone is 1. The molecular weight excluding hydrogens is 511 g/mol. The predicted octanol–water partition coefficient (Wildman–Crippen LogP) is 4.21. The van der Waals surface area contributed by atoms with Crippen molar-refractivity contribution in [2.45, 2.75) is 26.8 Å². The average molecular weight is 533 g/mol. The van der Waals surface area contributed by atoms with Crippen molar-refractivity contribution in [2.24, 2.45) is 4.99 Å². The molecule has 2 aromatic carbocycles. The molecule has 0 saturated heterocycles. The van der Waals surface area contributed by atoms with Gasteiger partial charge in [-0.1, -0.05) is 46.7 Å². The molecule has 0 fully saturated rings. The molecule has 1 atom stereocenters. The Hall–Kier alpha value is -3.07. The molecule has 3 aromatic rings. The number of benzene rings is 2. The van der Waals surface area contributed by atoms with Crippen molar-refractivity contribution in [1.29, 1.82) is 0 Å². The van der Waals surface area contributed by atoms with Gasteiger partial charge in [0.1, 0.15) is 11.5 Å². The maximum absolute atomic E-state index is 13.6. The minimum absolute atomic E-state index is 0.0734. The molecule has 0 aliphatic carbocycles. The van der Waals surface area contributed by atoms with E-state index in [1.54, 1.807) is 26.0 Å². The first-order chi connectivity index (χ1) is 16.7. The van der Waals surface area contributed by atoms with Crippen LogP contribution >= 0.6 is 34.5 Å². The number of esters is 1. The van der Waals surface area contributed by atoms with Gasteiger partial charge in [0.15, 0.2) is 4.80 Å². The molecule has 4 rings (SSSR count). The predicted molar refractivity (Wildman–Crippen MR) is 136 cm³/mol. The summed E-state index contributed by atoms with van der Waals surface area (Å²) in [6, 6.07) is 9.39. The van der Waals surface area contributed by atoms with Crippen LogP contribution in [0.2, 0.25) is 10.0 Å². The molecular formula is C25H22Cl2N2O5S. The molecule has 0 radical (unpaired) electrons. The van der Waals surface area contributed by atoms with Crippen LogP contribution in [0, 0.1) is 0 Å². The van der Waals surface area contributed by atoms with Gasteiger partial charge in [-0.2, -0.15) is 0 Å². The van der Waals surface area contributed by atoms with Crippen LogP contribution < -0.4 is 19.6 Å². The number of aromatic hydroxyl groups is 1. The SMILES string of the molecule is CCOC(=O)C1=C(C)N=c2s/c(=C\c3cc(Cl)cc(Cl)c3O)c(=O)n2C1c1ccc(OCC)cc1. The highest BCUT2D eigenvalue weighted by atomic mass is 35.5. The topological polar surface area (TPSA) is 90.1 Å². The van der Waals surface area contributed by atoms with Gasteiger partial charge in [-0.05, 0) is 56.7 Å². The lowest BCUT2D eigenvalue weighted by Gasteiger charge is -2.24. The molecule has 0 saturated carbocycles. The van der Waals surface area contributed by atoms with E-state index in [4.69, 9.17) is 32.7 Å². The van der Waals surface area contributed by atoms with Gasteiger partial charge in [-0.25, -0.2) is 9.79 Å². The number of carbonyl (C=O) groups is 1. The number of aromatic nitrogens is 1. The Bertz CT molecular complexity index is 1510. The number of carbonyl (C=O) groups excluding carboxylic acids is 1. The molecule has 182 valence electrons. The minimum atomic E-state index is -0.750. The summed E-state index contributed by atoms with van der Waals surface area (Å²) in [5.41, 5.74) is 1.36. The Morgan fingerprint density at radius 3 is 2.57 bits per heavy atom. The molecule has 1 aromatic heterocycles. The van der Waals surface area contributed by atoms with E-state index in [0.29, 0.717) is 43.5 Å². The van der Waals surface area contributed by atoms with Crippen LogP contribution in [0.3, 0.4) is 0 Å². The van der Waals surface area contributed by atoms with E-state index in [1.807, 2.05) is 19.1 Å². The van der Waals surface area contributed by atoms with E-state index in [2.05, 4.69) is 4.99 Å². The lowest BCUT2D eigenvalue weighted by molar-refractivity contribution is -0.139. The number of hydrogen-bond donors (Lipinski definition) is 1. The van der Waals surface area contributed by atoms with Crippen LogP contribution in [0.1, 0.15) is 37.9 Å². The molecule has 1 N–H and O–H groups in total. The maximum atomic E-state index is 13.6. The van der Waals surface area contributed by atoms with Crippen LogP contribution in [0.25, 0.3) is 6.08 Å². The summed E-state index contributed by atoms with van der Waals surface area (Å²) >= 11 is 13.3. The maximum Gasteiger partial charge on any atom is 0.338 e. The van der Waals surface area contributed by atoms with Crippen LogP contribution in [0.15, 0.2) is 57.5 Å². The van der Waals surface area contributed by atoms with Gasteiger partial charge in [-0.3, -0.25) is 9.36 Å². The Morgan fingerprint density at radius 1 is 1.20 bits per heavy atom. The van der Waals surface area contributed by atoms with Crippen molar-refractivity contribution in [2.75, 3.05) is 13.2 Å². The van der Waals surface area contributed by atoms with Crippen molar-refractivity contribution in [1.82, 2.24) is 4.57 Å². The fourth-order valence-electron chi connectivity index (χ4n) is 3.86. The van der Waals surface area contributed by atoms with Gasteiger partial charge in [-0.15, -0.1) is 0 Å². The van der Waals surface area contributed by atoms with Gasteiger partial charge in [0.2, 0.25) is 0 Å². The van der Waals surface area contributed by atoms with Crippen LogP contribution in [0.4, 0.5) is 0 Å².